The Morgan fingerprint density at radius 3 is 2.48 bits per heavy atom. The van der Waals surface area contributed by atoms with Crippen LogP contribution in [0.15, 0.2) is 62.1 Å². The molecule has 0 aliphatic carbocycles. The maximum Gasteiger partial charge on any atom is 0.288 e. The minimum Gasteiger partial charge on any atom is -0.365 e. The molecule has 0 aliphatic rings. The van der Waals surface area contributed by atoms with Crippen molar-refractivity contribution in [2.45, 2.75) is 29.1 Å². The van der Waals surface area contributed by atoms with Gasteiger partial charge in [-0.1, -0.05) is 23.8 Å². The molecule has 2 aromatic rings. The van der Waals surface area contributed by atoms with E-state index < -0.39 is 31.1 Å². The van der Waals surface area contributed by atoms with E-state index in [-0.39, 0.29) is 16.5 Å². The van der Waals surface area contributed by atoms with Crippen molar-refractivity contribution in [3.63, 3.8) is 0 Å². The Hall–Kier alpha value is -1.81. The van der Waals surface area contributed by atoms with Crippen molar-refractivity contribution in [3.05, 3.63) is 64.2 Å². The van der Waals surface area contributed by atoms with Gasteiger partial charge in [0.25, 0.3) is 15.7 Å². The number of ether oxygens (including phenoxy) is 1. The number of non-ortho nitro benzene ring substituents is 1. The molecule has 0 bridgehead atoms. The Morgan fingerprint density at radius 1 is 1.26 bits per heavy atom. The summed E-state index contributed by atoms with van der Waals surface area (Å²) >= 11 is 5.98. The van der Waals surface area contributed by atoms with Gasteiger partial charge < -0.3 is 4.74 Å². The van der Waals surface area contributed by atoms with Gasteiger partial charge in [0, 0.05) is 23.6 Å². The Morgan fingerprint density at radius 2 is 1.93 bits per heavy atom. The fourth-order valence-corrected chi connectivity index (χ4v) is 6.18. The third-order valence-electron chi connectivity index (χ3n) is 3.49. The van der Waals surface area contributed by atoms with Gasteiger partial charge in [-0.3, -0.25) is 10.1 Å². The predicted molar refractivity (Wildman–Crippen MR) is 106 cm³/mol. The van der Waals surface area contributed by atoms with Crippen molar-refractivity contribution in [1.82, 2.24) is 0 Å². The SMILES string of the molecule is CCO[C@H](CCl)[S@@](=NS(=O)(=O)c1ccc(C)cc1)c1cccc([N+](=O)[O-])c1. The van der Waals surface area contributed by atoms with E-state index in [1.807, 2.05) is 6.92 Å². The summed E-state index contributed by atoms with van der Waals surface area (Å²) in [5.41, 5.74) is 0.0382. The van der Waals surface area contributed by atoms with E-state index in [9.17, 15) is 18.5 Å². The van der Waals surface area contributed by atoms with Crippen molar-refractivity contribution in [2.24, 2.45) is 3.77 Å². The number of aryl methyl sites for hydroxylation is 1. The average molecular weight is 431 g/mol. The topological polar surface area (TPSA) is 98.9 Å². The van der Waals surface area contributed by atoms with Crippen LogP contribution in [-0.4, -0.2) is 31.3 Å². The fraction of sp³-hybridized carbons (Fsp3) is 0.294. The van der Waals surface area contributed by atoms with Crippen molar-refractivity contribution < 1.29 is 18.1 Å². The van der Waals surface area contributed by atoms with Gasteiger partial charge in [-0.05, 0) is 42.7 Å². The molecular weight excluding hydrogens is 412 g/mol. The minimum atomic E-state index is -4.00. The smallest absolute Gasteiger partial charge is 0.288 e. The van der Waals surface area contributed by atoms with E-state index in [2.05, 4.69) is 3.77 Å². The van der Waals surface area contributed by atoms with Gasteiger partial charge >= 0.3 is 0 Å². The van der Waals surface area contributed by atoms with Crippen LogP contribution in [0.5, 0.6) is 0 Å². The Balaban J connectivity index is 2.61. The first-order valence-electron chi connectivity index (χ1n) is 7.98. The zero-order chi connectivity index (χ0) is 20.0. The van der Waals surface area contributed by atoms with Gasteiger partial charge in [0.05, 0.1) is 15.7 Å². The Bertz CT molecular complexity index is 946. The fourth-order valence-electron chi connectivity index (χ4n) is 2.18. The van der Waals surface area contributed by atoms with E-state index in [0.717, 1.165) is 5.56 Å². The molecule has 0 aliphatic heterocycles. The standard InChI is InChI=1S/C17H19ClN2O5S2/c1-3-25-17(12-18)26(15-6-4-5-14(11-15)20(21)22)19-27(23,24)16-9-7-13(2)8-10-16/h4-11,17H,3,12H2,1-2H3/t17-,26-/m0/s1. The summed E-state index contributed by atoms with van der Waals surface area (Å²) in [5, 5.41) is 11.1. The average Bonchev–Trinajstić information content (AvgIpc) is 2.65. The van der Waals surface area contributed by atoms with Crippen LogP contribution in [0.2, 0.25) is 0 Å². The molecule has 0 spiro atoms. The van der Waals surface area contributed by atoms with E-state index in [1.165, 1.54) is 30.3 Å². The molecule has 2 atom stereocenters. The maximum absolute atomic E-state index is 12.8. The van der Waals surface area contributed by atoms with Crippen molar-refractivity contribution in [1.29, 1.82) is 0 Å². The second kappa shape index (κ2) is 9.41. The Kier molecular flexibility index (Phi) is 7.49. The number of hydrogen-bond acceptors (Lipinski definition) is 5. The largest absolute Gasteiger partial charge is 0.365 e. The maximum atomic E-state index is 12.8. The highest BCUT2D eigenvalue weighted by Gasteiger charge is 2.23. The zero-order valence-electron chi connectivity index (χ0n) is 14.7. The number of alkyl halides is 1. The van der Waals surface area contributed by atoms with Crippen LogP contribution < -0.4 is 0 Å². The third-order valence-corrected chi connectivity index (χ3v) is 7.79. The van der Waals surface area contributed by atoms with Crippen molar-refractivity contribution in [2.75, 3.05) is 12.5 Å². The first kappa shape index (κ1) is 21.5. The van der Waals surface area contributed by atoms with Gasteiger partial charge in [0.1, 0.15) is 5.44 Å². The lowest BCUT2D eigenvalue weighted by Gasteiger charge is -2.18. The molecule has 10 heteroatoms. The number of hydrogen-bond donors (Lipinski definition) is 0. The minimum absolute atomic E-state index is 0.00738. The molecular formula is C17H19ClN2O5S2. The van der Waals surface area contributed by atoms with Gasteiger partial charge in [-0.2, -0.15) is 8.42 Å². The second-order valence-electron chi connectivity index (χ2n) is 5.47. The molecule has 0 radical (unpaired) electrons. The first-order chi connectivity index (χ1) is 12.8. The highest BCUT2D eigenvalue weighted by Crippen LogP contribution is 2.24. The lowest BCUT2D eigenvalue weighted by atomic mass is 10.2. The van der Waals surface area contributed by atoms with Gasteiger partial charge in [-0.15, -0.1) is 15.4 Å². The van der Waals surface area contributed by atoms with Crippen LogP contribution in [0.3, 0.4) is 0 Å². The van der Waals surface area contributed by atoms with E-state index in [0.29, 0.717) is 11.5 Å². The van der Waals surface area contributed by atoms with E-state index in [4.69, 9.17) is 16.3 Å². The summed E-state index contributed by atoms with van der Waals surface area (Å²) in [4.78, 5) is 11.0. The number of nitro benzene ring substituents is 1. The predicted octanol–water partition coefficient (Wildman–Crippen LogP) is 4.05. The first-order valence-corrected chi connectivity index (χ1v) is 11.2. The number of nitrogens with zero attached hydrogens (tertiary/aromatic N) is 2. The molecule has 0 unspecified atom stereocenters. The quantitative estimate of drug-likeness (QED) is 0.357. The molecule has 146 valence electrons. The van der Waals surface area contributed by atoms with Crippen molar-refractivity contribution >= 4 is 38.0 Å². The van der Waals surface area contributed by atoms with Crippen LogP contribution in [0, 0.1) is 17.0 Å². The summed E-state index contributed by atoms with van der Waals surface area (Å²) in [6, 6.07) is 12.0. The summed E-state index contributed by atoms with van der Waals surface area (Å²) in [7, 11) is -5.35. The van der Waals surface area contributed by atoms with E-state index >= 15 is 0 Å². The van der Waals surface area contributed by atoms with Crippen LogP contribution >= 0.6 is 11.6 Å². The van der Waals surface area contributed by atoms with Gasteiger partial charge in [0.2, 0.25) is 0 Å². The molecule has 2 rings (SSSR count). The lowest BCUT2D eigenvalue weighted by molar-refractivity contribution is -0.385. The highest BCUT2D eigenvalue weighted by molar-refractivity contribution is 8.00. The number of halogens is 1. The number of benzene rings is 2. The molecule has 0 aromatic heterocycles. The van der Waals surface area contributed by atoms with Crippen LogP contribution in [0.4, 0.5) is 5.69 Å². The highest BCUT2D eigenvalue weighted by atomic mass is 35.5. The number of rotatable bonds is 8. The van der Waals surface area contributed by atoms with Crippen LogP contribution in [0.25, 0.3) is 0 Å². The van der Waals surface area contributed by atoms with Crippen LogP contribution in [0.1, 0.15) is 12.5 Å². The lowest BCUT2D eigenvalue weighted by Crippen LogP contribution is -2.22. The molecule has 27 heavy (non-hydrogen) atoms. The zero-order valence-corrected chi connectivity index (χ0v) is 17.1. The van der Waals surface area contributed by atoms with Crippen LogP contribution in [-0.2, 0) is 25.5 Å². The molecule has 0 N–H and O–H groups in total. The molecule has 0 heterocycles. The Labute approximate surface area is 165 Å². The molecule has 0 saturated heterocycles. The number of sulfonamides is 1. The van der Waals surface area contributed by atoms with Gasteiger partial charge in [-0.25, -0.2) is 0 Å². The summed E-state index contributed by atoms with van der Waals surface area (Å²) in [6.45, 7) is 3.90. The molecule has 0 fully saturated rings. The normalized spacial score (nSPS) is 14.0. The van der Waals surface area contributed by atoms with Crippen molar-refractivity contribution in [3.8, 4) is 0 Å². The number of nitro groups is 1. The summed E-state index contributed by atoms with van der Waals surface area (Å²) in [5.74, 6) is -0.00738. The molecule has 0 amide bonds. The molecule has 0 saturated carbocycles. The second-order valence-corrected chi connectivity index (χ2v) is 9.42. The molecule has 7 nitrogen and oxygen atoms in total. The summed E-state index contributed by atoms with van der Waals surface area (Å²) in [6.07, 6.45) is 0. The van der Waals surface area contributed by atoms with E-state index in [1.54, 1.807) is 25.1 Å². The third kappa shape index (κ3) is 5.58. The summed E-state index contributed by atoms with van der Waals surface area (Å²) < 4.78 is 35.2. The van der Waals surface area contributed by atoms with Gasteiger partial charge in [0.15, 0.2) is 0 Å². The monoisotopic (exact) mass is 430 g/mol. The molecule has 2 aromatic carbocycles.